The normalized spacial score (nSPS) is 27.8. The van der Waals surface area contributed by atoms with E-state index in [1.807, 2.05) is 23.1 Å². The van der Waals surface area contributed by atoms with Gasteiger partial charge in [-0.05, 0) is 37.7 Å². The van der Waals surface area contributed by atoms with E-state index in [1.54, 1.807) is 0 Å². The standard InChI is InChI=1S/C23H31N5O2/c29-21(24-17-10-11-17)13-12-20-25-26-23-27(15-14-16-6-2-1-3-7-16)22(30)18-8-4-5-9-19(18)28(20)23/h1-3,6-7,17-19,23,26H,4-5,8-15H2,(H,24,29). The zero-order chi connectivity index (χ0) is 20.5. The molecular weight excluding hydrogens is 378 g/mol. The number of hydrogen-bond donors (Lipinski definition) is 2. The SMILES string of the molecule is O=C(CCC1=NNC2N(CCc3ccccc3)C(=O)C3CCCCC3N12)NC1CC1. The predicted molar refractivity (Wildman–Crippen MR) is 114 cm³/mol. The molecule has 7 heteroatoms. The van der Waals surface area contributed by atoms with E-state index in [1.165, 1.54) is 5.56 Å². The Balaban J connectivity index is 1.29. The van der Waals surface area contributed by atoms with Crippen LogP contribution in [0.2, 0.25) is 0 Å². The lowest BCUT2D eigenvalue weighted by molar-refractivity contribution is -0.155. The molecule has 0 bridgehead atoms. The van der Waals surface area contributed by atoms with Crippen molar-refractivity contribution in [3.8, 4) is 0 Å². The van der Waals surface area contributed by atoms with Crippen molar-refractivity contribution in [3.63, 3.8) is 0 Å². The van der Waals surface area contributed by atoms with E-state index >= 15 is 0 Å². The van der Waals surface area contributed by atoms with Crippen LogP contribution in [0.1, 0.15) is 56.9 Å². The molecule has 3 fully saturated rings. The first-order valence-corrected chi connectivity index (χ1v) is 11.4. The van der Waals surface area contributed by atoms with Gasteiger partial charge in [0.15, 0.2) is 6.29 Å². The summed E-state index contributed by atoms with van der Waals surface area (Å²) in [5.41, 5.74) is 4.46. The van der Waals surface area contributed by atoms with Crippen LogP contribution in [0.3, 0.4) is 0 Å². The Labute approximate surface area is 177 Å². The maximum Gasteiger partial charge on any atom is 0.230 e. The number of hydrogen-bond acceptors (Lipinski definition) is 5. The molecule has 2 saturated carbocycles. The Bertz CT molecular complexity index is 822. The van der Waals surface area contributed by atoms with E-state index in [4.69, 9.17) is 0 Å². The minimum atomic E-state index is -0.220. The number of nitrogens with one attached hydrogen (secondary N) is 2. The fourth-order valence-corrected chi connectivity index (χ4v) is 5.12. The first-order chi connectivity index (χ1) is 14.7. The quantitative estimate of drug-likeness (QED) is 0.724. The summed E-state index contributed by atoms with van der Waals surface area (Å²) in [6.07, 6.45) is 8.12. The van der Waals surface area contributed by atoms with Crippen LogP contribution in [0, 0.1) is 5.92 Å². The van der Waals surface area contributed by atoms with Crippen molar-refractivity contribution in [2.24, 2.45) is 11.0 Å². The highest BCUT2D eigenvalue weighted by atomic mass is 16.2. The van der Waals surface area contributed by atoms with Gasteiger partial charge in [-0.3, -0.25) is 15.0 Å². The maximum absolute atomic E-state index is 13.4. The second kappa shape index (κ2) is 8.28. The Morgan fingerprint density at radius 2 is 1.90 bits per heavy atom. The topological polar surface area (TPSA) is 77.0 Å². The van der Waals surface area contributed by atoms with Gasteiger partial charge in [-0.25, -0.2) is 0 Å². The molecule has 3 atom stereocenters. The summed E-state index contributed by atoms with van der Waals surface area (Å²) in [6.45, 7) is 0.672. The van der Waals surface area contributed by atoms with E-state index in [-0.39, 0.29) is 30.1 Å². The van der Waals surface area contributed by atoms with Crippen LogP contribution >= 0.6 is 0 Å². The van der Waals surface area contributed by atoms with Crippen LogP contribution in [0.4, 0.5) is 0 Å². The molecule has 7 nitrogen and oxygen atoms in total. The maximum atomic E-state index is 13.4. The third kappa shape index (κ3) is 3.89. The van der Waals surface area contributed by atoms with Crippen molar-refractivity contribution in [3.05, 3.63) is 35.9 Å². The summed E-state index contributed by atoms with van der Waals surface area (Å²) < 4.78 is 0. The number of amides is 2. The molecule has 0 spiro atoms. The van der Waals surface area contributed by atoms with Crippen molar-refractivity contribution < 1.29 is 9.59 Å². The summed E-state index contributed by atoms with van der Waals surface area (Å²) in [6, 6.07) is 10.9. The molecule has 1 aromatic rings. The molecular formula is C23H31N5O2. The average Bonchev–Trinajstić information content (AvgIpc) is 3.49. The van der Waals surface area contributed by atoms with Crippen LogP contribution in [-0.4, -0.2) is 52.4 Å². The van der Waals surface area contributed by atoms with Crippen LogP contribution in [0.25, 0.3) is 0 Å². The van der Waals surface area contributed by atoms with Gasteiger partial charge in [-0.2, -0.15) is 5.10 Å². The number of fused-ring (bicyclic) bond motifs is 3. The van der Waals surface area contributed by atoms with Crippen molar-refractivity contribution >= 4 is 17.6 Å². The van der Waals surface area contributed by atoms with Gasteiger partial charge in [-0.15, -0.1) is 0 Å². The Morgan fingerprint density at radius 1 is 1.10 bits per heavy atom. The van der Waals surface area contributed by atoms with Crippen LogP contribution < -0.4 is 10.7 Å². The van der Waals surface area contributed by atoms with Crippen molar-refractivity contribution in [2.45, 2.75) is 76.2 Å². The van der Waals surface area contributed by atoms with Gasteiger partial charge in [0.2, 0.25) is 11.8 Å². The highest BCUT2D eigenvalue weighted by Gasteiger charge is 2.50. The third-order valence-corrected chi connectivity index (χ3v) is 6.86. The van der Waals surface area contributed by atoms with Crippen molar-refractivity contribution in [1.82, 2.24) is 20.5 Å². The number of carbonyl (C=O) groups is 2. The molecule has 2 heterocycles. The van der Waals surface area contributed by atoms with Crippen LogP contribution in [-0.2, 0) is 16.0 Å². The zero-order valence-corrected chi connectivity index (χ0v) is 17.4. The highest BCUT2D eigenvalue weighted by Crippen LogP contribution is 2.37. The van der Waals surface area contributed by atoms with Crippen molar-refractivity contribution in [1.29, 1.82) is 0 Å². The lowest BCUT2D eigenvalue weighted by Gasteiger charge is -2.50. The minimum absolute atomic E-state index is 0.0381. The van der Waals surface area contributed by atoms with E-state index in [9.17, 15) is 9.59 Å². The van der Waals surface area contributed by atoms with Crippen LogP contribution in [0.15, 0.2) is 35.4 Å². The minimum Gasteiger partial charge on any atom is -0.353 e. The Kier molecular flexibility index (Phi) is 5.35. The van der Waals surface area contributed by atoms with Crippen LogP contribution in [0.5, 0.6) is 0 Å². The number of benzene rings is 1. The molecule has 2 aliphatic carbocycles. The molecule has 1 saturated heterocycles. The predicted octanol–water partition coefficient (Wildman–Crippen LogP) is 2.19. The fourth-order valence-electron chi connectivity index (χ4n) is 5.12. The second-order valence-electron chi connectivity index (χ2n) is 9.01. The summed E-state index contributed by atoms with van der Waals surface area (Å²) >= 11 is 0. The average molecular weight is 410 g/mol. The molecule has 5 rings (SSSR count). The number of hydrazone groups is 1. The smallest absolute Gasteiger partial charge is 0.230 e. The van der Waals surface area contributed by atoms with Gasteiger partial charge in [0.05, 0.1) is 5.92 Å². The monoisotopic (exact) mass is 409 g/mol. The molecule has 30 heavy (non-hydrogen) atoms. The van der Waals surface area contributed by atoms with E-state index in [2.05, 4.69) is 32.9 Å². The zero-order valence-electron chi connectivity index (χ0n) is 17.4. The van der Waals surface area contributed by atoms with Gasteiger partial charge in [0.25, 0.3) is 0 Å². The summed E-state index contributed by atoms with van der Waals surface area (Å²) in [7, 11) is 0. The number of nitrogens with zero attached hydrogens (tertiary/aromatic N) is 3. The second-order valence-corrected chi connectivity index (χ2v) is 9.01. The lowest BCUT2D eigenvalue weighted by Crippen LogP contribution is -2.67. The summed E-state index contributed by atoms with van der Waals surface area (Å²) in [4.78, 5) is 29.9. The van der Waals surface area contributed by atoms with E-state index < -0.39 is 0 Å². The van der Waals surface area contributed by atoms with Crippen molar-refractivity contribution in [2.75, 3.05) is 6.54 Å². The van der Waals surface area contributed by atoms with Gasteiger partial charge < -0.3 is 15.1 Å². The molecule has 2 N–H and O–H groups in total. The van der Waals surface area contributed by atoms with Gasteiger partial charge in [0.1, 0.15) is 5.84 Å². The number of carbonyl (C=O) groups excluding carboxylic acids is 2. The van der Waals surface area contributed by atoms with E-state index in [0.717, 1.165) is 50.8 Å². The first-order valence-electron chi connectivity index (χ1n) is 11.4. The Morgan fingerprint density at radius 3 is 2.70 bits per heavy atom. The fraction of sp³-hybridized carbons (Fsp3) is 0.609. The van der Waals surface area contributed by atoms with Gasteiger partial charge >= 0.3 is 0 Å². The molecule has 2 aliphatic heterocycles. The molecule has 4 aliphatic rings. The van der Waals surface area contributed by atoms with E-state index in [0.29, 0.717) is 25.4 Å². The van der Waals surface area contributed by atoms with Gasteiger partial charge in [-0.1, -0.05) is 43.2 Å². The van der Waals surface area contributed by atoms with Gasteiger partial charge in [0, 0.05) is 31.5 Å². The summed E-state index contributed by atoms with van der Waals surface area (Å²) in [5, 5.41) is 7.66. The molecule has 0 radical (unpaired) electrons. The molecule has 160 valence electrons. The lowest BCUT2D eigenvalue weighted by atomic mass is 9.80. The molecule has 3 unspecified atom stereocenters. The molecule has 0 aromatic heterocycles. The third-order valence-electron chi connectivity index (χ3n) is 6.86. The molecule has 2 amide bonds. The molecule has 1 aromatic carbocycles. The Hall–Kier alpha value is -2.57. The highest BCUT2D eigenvalue weighted by molar-refractivity contribution is 5.91. The number of amidine groups is 1. The largest absolute Gasteiger partial charge is 0.353 e. The first kappa shape index (κ1) is 19.4. The summed E-state index contributed by atoms with van der Waals surface area (Å²) in [5.74, 6) is 1.33. The number of rotatable bonds is 7.